The number of aliphatic hydroxyl groups is 1. The Bertz CT molecular complexity index is 1250. The molecule has 1 amide bonds. The van der Waals surface area contributed by atoms with Crippen LogP contribution in [0.5, 0.6) is 5.88 Å². The summed E-state index contributed by atoms with van der Waals surface area (Å²) in [5, 5.41) is 14.5. The first-order valence-corrected chi connectivity index (χ1v) is 10.8. The molecule has 2 heterocycles. The van der Waals surface area contributed by atoms with Crippen LogP contribution in [0, 0.1) is 6.92 Å². The van der Waals surface area contributed by atoms with Crippen LogP contribution in [0.15, 0.2) is 79.0 Å². The molecule has 7 heteroatoms. The summed E-state index contributed by atoms with van der Waals surface area (Å²) in [5.74, 6) is -0.165. The molecule has 0 aliphatic rings. The summed E-state index contributed by atoms with van der Waals surface area (Å²) in [5.41, 5.74) is 4.71. The molecule has 2 aromatic carbocycles. The zero-order valence-electron chi connectivity index (χ0n) is 18.3. The van der Waals surface area contributed by atoms with Crippen molar-refractivity contribution >= 4 is 23.2 Å². The lowest BCUT2D eigenvalue weighted by Gasteiger charge is -2.17. The lowest BCUT2D eigenvalue weighted by Crippen LogP contribution is -2.21. The van der Waals surface area contributed by atoms with Crippen LogP contribution in [0.4, 0.5) is 5.69 Å². The first kappa shape index (κ1) is 22.6. The third-order valence-corrected chi connectivity index (χ3v) is 5.64. The highest BCUT2D eigenvalue weighted by Crippen LogP contribution is 2.33. The van der Waals surface area contributed by atoms with Gasteiger partial charge in [-0.05, 0) is 42.3 Å². The third-order valence-electron chi connectivity index (χ3n) is 5.39. The topological polar surface area (TPSA) is 76.4 Å². The second kappa shape index (κ2) is 9.90. The number of hydrogen-bond donors (Lipinski definition) is 2. The molecule has 4 aromatic rings. The Hall–Kier alpha value is -3.61. The van der Waals surface area contributed by atoms with Gasteiger partial charge in [-0.15, -0.1) is 0 Å². The highest BCUT2D eigenvalue weighted by Gasteiger charge is 2.26. The molecule has 1 atom stereocenters. The minimum atomic E-state index is -1.37. The van der Waals surface area contributed by atoms with Crippen LogP contribution in [0.2, 0.25) is 5.02 Å². The first-order valence-electron chi connectivity index (χ1n) is 10.4. The molecule has 33 heavy (non-hydrogen) atoms. The van der Waals surface area contributed by atoms with E-state index < -0.39 is 12.0 Å². The Morgan fingerprint density at radius 3 is 2.55 bits per heavy atom. The first-order chi connectivity index (χ1) is 16.0. The number of hydrogen-bond acceptors (Lipinski definition) is 4. The number of rotatable bonds is 7. The van der Waals surface area contributed by atoms with Gasteiger partial charge in [-0.1, -0.05) is 54.1 Å². The van der Waals surface area contributed by atoms with Crippen molar-refractivity contribution < 1.29 is 14.6 Å². The van der Waals surface area contributed by atoms with Gasteiger partial charge in [0.15, 0.2) is 6.10 Å². The molecule has 2 N–H and O–H groups in total. The molecular formula is C26H24ClN3O3. The lowest BCUT2D eigenvalue weighted by molar-refractivity contribution is -0.124. The zero-order chi connectivity index (χ0) is 23.4. The van der Waals surface area contributed by atoms with Crippen molar-refractivity contribution in [2.24, 2.45) is 0 Å². The SMILES string of the molecule is COc1cc(NC(=O)C(O)c2cc(C)n(Cc3ccc(Cl)cc3)c2-c2ccccc2)ccn1. The van der Waals surface area contributed by atoms with Gasteiger partial charge in [-0.25, -0.2) is 4.98 Å². The van der Waals surface area contributed by atoms with Gasteiger partial charge in [0.1, 0.15) is 0 Å². The van der Waals surface area contributed by atoms with Crippen LogP contribution >= 0.6 is 11.6 Å². The Kier molecular flexibility index (Phi) is 6.77. The Labute approximate surface area is 197 Å². The van der Waals surface area contributed by atoms with Crippen molar-refractivity contribution in [2.75, 3.05) is 12.4 Å². The number of methoxy groups -OCH3 is 1. The van der Waals surface area contributed by atoms with Crippen molar-refractivity contribution in [3.05, 3.63) is 101 Å². The van der Waals surface area contributed by atoms with Crippen LogP contribution in [0.1, 0.15) is 22.9 Å². The molecule has 6 nitrogen and oxygen atoms in total. The van der Waals surface area contributed by atoms with Crippen molar-refractivity contribution in [2.45, 2.75) is 19.6 Å². The number of nitrogens with one attached hydrogen (secondary N) is 1. The smallest absolute Gasteiger partial charge is 0.257 e. The summed E-state index contributed by atoms with van der Waals surface area (Å²) >= 11 is 6.04. The molecule has 2 aromatic heterocycles. The standard InChI is InChI=1S/C26H24ClN3O3/c1-17-14-22(25(31)26(32)29-21-12-13-28-23(15-21)33-2)24(19-6-4-3-5-7-19)30(17)16-18-8-10-20(27)11-9-18/h3-15,25,31H,16H2,1-2H3,(H,28,29,32). The van der Waals surface area contributed by atoms with Gasteiger partial charge in [-0.2, -0.15) is 0 Å². The van der Waals surface area contributed by atoms with Crippen LogP contribution < -0.4 is 10.1 Å². The number of halogens is 1. The normalized spacial score (nSPS) is 11.8. The maximum Gasteiger partial charge on any atom is 0.257 e. The predicted molar refractivity (Wildman–Crippen MR) is 130 cm³/mol. The molecule has 168 valence electrons. The summed E-state index contributed by atoms with van der Waals surface area (Å²) in [4.78, 5) is 17.0. The number of pyridine rings is 1. The van der Waals surface area contributed by atoms with Crippen LogP contribution in [0.25, 0.3) is 11.3 Å². The third kappa shape index (κ3) is 5.08. The van der Waals surface area contributed by atoms with E-state index in [1.54, 1.807) is 12.1 Å². The summed E-state index contributed by atoms with van der Waals surface area (Å²) in [6.07, 6.45) is 0.160. The average molecular weight is 462 g/mol. The van der Waals surface area contributed by atoms with E-state index in [0.717, 1.165) is 22.5 Å². The van der Waals surface area contributed by atoms with E-state index in [1.807, 2.05) is 67.6 Å². The number of carbonyl (C=O) groups excluding carboxylic acids is 1. The molecule has 0 aliphatic carbocycles. The fraction of sp³-hybridized carbons (Fsp3) is 0.154. The van der Waals surface area contributed by atoms with Crippen molar-refractivity contribution in [1.29, 1.82) is 0 Å². The van der Waals surface area contributed by atoms with E-state index in [-0.39, 0.29) is 0 Å². The fourth-order valence-corrected chi connectivity index (χ4v) is 3.88. The molecule has 0 aliphatic heterocycles. The molecule has 1 unspecified atom stereocenters. The molecule has 0 radical (unpaired) electrons. The summed E-state index contributed by atoms with van der Waals surface area (Å²) in [6.45, 7) is 2.54. The largest absolute Gasteiger partial charge is 0.481 e. The lowest BCUT2D eigenvalue weighted by atomic mass is 10.0. The van der Waals surface area contributed by atoms with Crippen LogP contribution in [0.3, 0.4) is 0 Å². The highest BCUT2D eigenvalue weighted by molar-refractivity contribution is 6.30. The number of amides is 1. The van der Waals surface area contributed by atoms with Crippen molar-refractivity contribution in [1.82, 2.24) is 9.55 Å². The van der Waals surface area contributed by atoms with E-state index in [4.69, 9.17) is 16.3 Å². The molecule has 0 fully saturated rings. The molecule has 0 saturated heterocycles. The maximum atomic E-state index is 13.0. The van der Waals surface area contributed by atoms with Gasteiger partial charge in [-0.3, -0.25) is 4.79 Å². The quantitative estimate of drug-likeness (QED) is 0.394. The Morgan fingerprint density at radius 2 is 1.85 bits per heavy atom. The fourth-order valence-electron chi connectivity index (χ4n) is 3.76. The van der Waals surface area contributed by atoms with Crippen molar-refractivity contribution in [3.8, 4) is 17.1 Å². The number of benzene rings is 2. The predicted octanol–water partition coefficient (Wildman–Crippen LogP) is 5.24. The van der Waals surface area contributed by atoms with E-state index in [9.17, 15) is 9.90 Å². The van der Waals surface area contributed by atoms with Gasteiger partial charge in [0, 0.05) is 40.8 Å². The van der Waals surface area contributed by atoms with Gasteiger partial charge in [0.05, 0.1) is 12.8 Å². The van der Waals surface area contributed by atoms with E-state index in [0.29, 0.717) is 28.7 Å². The van der Waals surface area contributed by atoms with Crippen molar-refractivity contribution in [3.63, 3.8) is 0 Å². The summed E-state index contributed by atoms with van der Waals surface area (Å²) in [7, 11) is 1.50. The van der Waals surface area contributed by atoms with E-state index >= 15 is 0 Å². The number of aryl methyl sites for hydroxylation is 1. The highest BCUT2D eigenvalue weighted by atomic mass is 35.5. The van der Waals surface area contributed by atoms with Crippen LogP contribution in [-0.2, 0) is 11.3 Å². The average Bonchev–Trinajstić information content (AvgIpc) is 3.16. The zero-order valence-corrected chi connectivity index (χ0v) is 19.1. The van der Waals surface area contributed by atoms with Gasteiger partial charge >= 0.3 is 0 Å². The monoisotopic (exact) mass is 461 g/mol. The minimum Gasteiger partial charge on any atom is -0.481 e. The van der Waals surface area contributed by atoms with Gasteiger partial charge in [0.2, 0.25) is 5.88 Å². The van der Waals surface area contributed by atoms with Crippen LogP contribution in [-0.4, -0.2) is 27.7 Å². The molecular weight excluding hydrogens is 438 g/mol. The Balaban J connectivity index is 1.71. The second-order valence-electron chi connectivity index (χ2n) is 7.65. The number of carbonyl (C=O) groups is 1. The van der Waals surface area contributed by atoms with E-state index in [1.165, 1.54) is 13.3 Å². The van der Waals surface area contributed by atoms with Gasteiger partial charge < -0.3 is 19.7 Å². The number of ether oxygens (including phenoxy) is 1. The van der Waals surface area contributed by atoms with Gasteiger partial charge in [0.25, 0.3) is 5.91 Å². The molecule has 4 rings (SSSR count). The number of nitrogens with zero attached hydrogens (tertiary/aromatic N) is 2. The number of aromatic nitrogens is 2. The maximum absolute atomic E-state index is 13.0. The Morgan fingerprint density at radius 1 is 1.12 bits per heavy atom. The molecule has 0 spiro atoms. The van der Waals surface area contributed by atoms with E-state index in [2.05, 4.69) is 14.9 Å². The molecule has 0 saturated carbocycles. The second-order valence-corrected chi connectivity index (χ2v) is 8.08. The number of anilines is 1. The summed E-state index contributed by atoms with van der Waals surface area (Å²) in [6, 6.07) is 22.5. The summed E-state index contributed by atoms with van der Waals surface area (Å²) < 4.78 is 7.20. The minimum absolute atomic E-state index is 0.372. The molecule has 0 bridgehead atoms. The number of aliphatic hydroxyl groups excluding tert-OH is 1.